The maximum Gasteiger partial charge on any atom is 0.242 e. The molecule has 156 valence electrons. The second-order valence-electron chi connectivity index (χ2n) is 6.42. The first-order chi connectivity index (χ1) is 13.7. The first kappa shape index (κ1) is 22.2. The SMILES string of the molecule is COc1ccc(OC)c(NC(=O)C(C)S(=O)(=O)CC(=O)Nc2ccc(C)cc2)c1. The van der Waals surface area contributed by atoms with Gasteiger partial charge in [-0.15, -0.1) is 0 Å². The van der Waals surface area contributed by atoms with Crippen molar-refractivity contribution in [3.05, 3.63) is 48.0 Å². The third kappa shape index (κ3) is 5.95. The van der Waals surface area contributed by atoms with Gasteiger partial charge in [-0.05, 0) is 38.1 Å². The molecule has 2 aromatic carbocycles. The van der Waals surface area contributed by atoms with Crippen LogP contribution in [-0.2, 0) is 19.4 Å². The zero-order chi connectivity index (χ0) is 21.6. The molecule has 0 radical (unpaired) electrons. The molecule has 0 aliphatic carbocycles. The van der Waals surface area contributed by atoms with Gasteiger partial charge in [0.25, 0.3) is 0 Å². The van der Waals surface area contributed by atoms with Crippen molar-refractivity contribution in [1.82, 2.24) is 0 Å². The summed E-state index contributed by atoms with van der Waals surface area (Å²) in [5, 5.41) is 3.59. The van der Waals surface area contributed by atoms with Gasteiger partial charge in [-0.1, -0.05) is 17.7 Å². The number of sulfone groups is 1. The average molecular weight is 420 g/mol. The zero-order valence-corrected chi connectivity index (χ0v) is 17.5. The molecule has 0 aliphatic rings. The smallest absolute Gasteiger partial charge is 0.242 e. The van der Waals surface area contributed by atoms with Gasteiger partial charge in [0, 0.05) is 11.8 Å². The van der Waals surface area contributed by atoms with Crippen LogP contribution in [0.1, 0.15) is 12.5 Å². The summed E-state index contributed by atoms with van der Waals surface area (Å²) in [7, 11) is -1.15. The number of carbonyl (C=O) groups excluding carboxylic acids is 2. The fourth-order valence-corrected chi connectivity index (χ4v) is 3.52. The number of ether oxygens (including phenoxy) is 2. The lowest BCUT2D eigenvalue weighted by Crippen LogP contribution is -2.37. The highest BCUT2D eigenvalue weighted by Gasteiger charge is 2.31. The minimum atomic E-state index is -4.04. The minimum absolute atomic E-state index is 0.267. The standard InChI is InChI=1S/C20H24N2O6S/c1-13-5-7-15(8-6-13)21-19(23)12-29(25,26)14(2)20(24)22-17-11-16(27-3)9-10-18(17)28-4/h5-11,14H,12H2,1-4H3,(H,21,23)(H,22,24). The van der Waals surface area contributed by atoms with E-state index in [1.165, 1.54) is 27.2 Å². The van der Waals surface area contributed by atoms with E-state index >= 15 is 0 Å². The van der Waals surface area contributed by atoms with E-state index in [2.05, 4.69) is 10.6 Å². The van der Waals surface area contributed by atoms with Crippen molar-refractivity contribution in [2.45, 2.75) is 19.1 Å². The molecule has 0 saturated heterocycles. The molecule has 29 heavy (non-hydrogen) atoms. The number of hydrogen-bond donors (Lipinski definition) is 2. The highest BCUT2D eigenvalue weighted by atomic mass is 32.2. The minimum Gasteiger partial charge on any atom is -0.497 e. The Balaban J connectivity index is 2.07. The van der Waals surface area contributed by atoms with Crippen LogP contribution in [0.3, 0.4) is 0 Å². The van der Waals surface area contributed by atoms with Crippen LogP contribution in [0, 0.1) is 6.92 Å². The Morgan fingerprint density at radius 1 is 1.00 bits per heavy atom. The lowest BCUT2D eigenvalue weighted by molar-refractivity contribution is -0.115. The molecular weight excluding hydrogens is 396 g/mol. The number of benzene rings is 2. The van der Waals surface area contributed by atoms with E-state index in [-0.39, 0.29) is 5.69 Å². The van der Waals surface area contributed by atoms with Gasteiger partial charge in [0.05, 0.1) is 19.9 Å². The highest BCUT2D eigenvalue weighted by Crippen LogP contribution is 2.29. The molecule has 2 rings (SSSR count). The van der Waals surface area contributed by atoms with Gasteiger partial charge in [-0.3, -0.25) is 9.59 Å². The van der Waals surface area contributed by atoms with Crippen LogP contribution in [0.4, 0.5) is 11.4 Å². The van der Waals surface area contributed by atoms with Crippen molar-refractivity contribution in [2.75, 3.05) is 30.6 Å². The lowest BCUT2D eigenvalue weighted by Gasteiger charge is -2.16. The number of hydrogen-bond acceptors (Lipinski definition) is 6. The molecule has 0 aromatic heterocycles. The second kappa shape index (κ2) is 9.42. The Morgan fingerprint density at radius 3 is 2.24 bits per heavy atom. The molecule has 0 saturated carbocycles. The summed E-state index contributed by atoms with van der Waals surface area (Å²) in [6.07, 6.45) is 0. The van der Waals surface area contributed by atoms with Crippen LogP contribution in [0.25, 0.3) is 0 Å². The molecule has 0 bridgehead atoms. The van der Waals surface area contributed by atoms with Crippen LogP contribution >= 0.6 is 0 Å². The Morgan fingerprint density at radius 2 is 1.66 bits per heavy atom. The van der Waals surface area contributed by atoms with Crippen LogP contribution in [0.15, 0.2) is 42.5 Å². The summed E-state index contributed by atoms with van der Waals surface area (Å²) in [5.74, 6) is -1.49. The third-order valence-corrected chi connectivity index (χ3v) is 6.20. The van der Waals surface area contributed by atoms with E-state index in [1.54, 1.807) is 36.4 Å². The number of nitrogens with one attached hydrogen (secondary N) is 2. The number of anilines is 2. The Labute approximate surface area is 170 Å². The van der Waals surface area contributed by atoms with E-state index in [1.807, 2.05) is 6.92 Å². The maximum atomic E-state index is 12.5. The van der Waals surface area contributed by atoms with Gasteiger partial charge >= 0.3 is 0 Å². The first-order valence-electron chi connectivity index (χ1n) is 8.77. The highest BCUT2D eigenvalue weighted by molar-refractivity contribution is 7.93. The molecule has 0 fully saturated rings. The van der Waals surface area contributed by atoms with Crippen molar-refractivity contribution in [1.29, 1.82) is 0 Å². The summed E-state index contributed by atoms with van der Waals surface area (Å²) >= 11 is 0. The van der Waals surface area contributed by atoms with Gasteiger partial charge in [0.2, 0.25) is 11.8 Å². The lowest BCUT2D eigenvalue weighted by atomic mass is 10.2. The summed E-state index contributed by atoms with van der Waals surface area (Å²) in [6, 6.07) is 11.7. The Hall–Kier alpha value is -3.07. The van der Waals surface area contributed by atoms with Crippen LogP contribution in [0.2, 0.25) is 0 Å². The van der Waals surface area contributed by atoms with Gasteiger partial charge in [-0.25, -0.2) is 8.42 Å². The van der Waals surface area contributed by atoms with Crippen LogP contribution in [0.5, 0.6) is 11.5 Å². The van der Waals surface area contributed by atoms with E-state index < -0.39 is 32.7 Å². The molecule has 8 nitrogen and oxygen atoms in total. The molecule has 2 aromatic rings. The molecule has 9 heteroatoms. The Bertz CT molecular complexity index is 987. The molecule has 2 amide bonds. The van der Waals surface area contributed by atoms with Crippen molar-refractivity contribution in [2.24, 2.45) is 0 Å². The molecule has 0 heterocycles. The normalized spacial score (nSPS) is 12.0. The van der Waals surface area contributed by atoms with Gasteiger partial charge in [0.15, 0.2) is 9.84 Å². The van der Waals surface area contributed by atoms with E-state index in [0.717, 1.165) is 5.56 Å². The molecular formula is C20H24N2O6S. The molecule has 2 N–H and O–H groups in total. The van der Waals surface area contributed by atoms with E-state index in [4.69, 9.17) is 9.47 Å². The topological polar surface area (TPSA) is 111 Å². The van der Waals surface area contributed by atoms with Gasteiger partial charge < -0.3 is 20.1 Å². The van der Waals surface area contributed by atoms with Crippen molar-refractivity contribution < 1.29 is 27.5 Å². The fraction of sp³-hybridized carbons (Fsp3) is 0.300. The molecule has 1 unspecified atom stereocenters. The van der Waals surface area contributed by atoms with E-state index in [9.17, 15) is 18.0 Å². The molecule has 0 aliphatic heterocycles. The second-order valence-corrected chi connectivity index (χ2v) is 8.74. The number of rotatable bonds is 8. The van der Waals surface area contributed by atoms with Crippen molar-refractivity contribution in [3.8, 4) is 11.5 Å². The van der Waals surface area contributed by atoms with Gasteiger partial charge in [0.1, 0.15) is 22.5 Å². The number of amides is 2. The third-order valence-electron chi connectivity index (χ3n) is 4.24. The molecule has 0 spiro atoms. The largest absolute Gasteiger partial charge is 0.497 e. The first-order valence-corrected chi connectivity index (χ1v) is 10.5. The zero-order valence-electron chi connectivity index (χ0n) is 16.7. The number of carbonyl (C=O) groups is 2. The van der Waals surface area contributed by atoms with Crippen LogP contribution < -0.4 is 20.1 Å². The number of aryl methyl sites for hydroxylation is 1. The van der Waals surface area contributed by atoms with Gasteiger partial charge in [-0.2, -0.15) is 0 Å². The quantitative estimate of drug-likeness (QED) is 0.678. The number of methoxy groups -OCH3 is 2. The molecule has 1 atom stereocenters. The predicted molar refractivity (Wildman–Crippen MR) is 111 cm³/mol. The Kier molecular flexibility index (Phi) is 7.22. The average Bonchev–Trinajstić information content (AvgIpc) is 2.68. The fourth-order valence-electron chi connectivity index (χ4n) is 2.45. The van der Waals surface area contributed by atoms with Crippen LogP contribution in [-0.4, -0.2) is 45.5 Å². The summed E-state index contributed by atoms with van der Waals surface area (Å²) in [6.45, 7) is 3.13. The van der Waals surface area contributed by atoms with Crippen molar-refractivity contribution >= 4 is 33.0 Å². The summed E-state index contributed by atoms with van der Waals surface area (Å²) < 4.78 is 35.3. The summed E-state index contributed by atoms with van der Waals surface area (Å²) in [5.41, 5.74) is 1.76. The predicted octanol–water partition coefficient (Wildman–Crippen LogP) is 2.39. The monoisotopic (exact) mass is 420 g/mol. The summed E-state index contributed by atoms with van der Waals surface area (Å²) in [4.78, 5) is 24.6. The van der Waals surface area contributed by atoms with E-state index in [0.29, 0.717) is 17.2 Å². The maximum absolute atomic E-state index is 12.5. The van der Waals surface area contributed by atoms with Crippen molar-refractivity contribution in [3.63, 3.8) is 0 Å².